The van der Waals surface area contributed by atoms with Gasteiger partial charge in [-0.3, -0.25) is 4.79 Å². The highest BCUT2D eigenvalue weighted by Crippen LogP contribution is 2.29. The lowest BCUT2D eigenvalue weighted by atomic mass is 10.0. The number of benzene rings is 2. The Balaban J connectivity index is 2.51. The zero-order chi connectivity index (χ0) is 12.4. The fraction of sp³-hybridized carbons (Fsp3) is 0. The van der Waals surface area contributed by atoms with E-state index in [2.05, 4.69) is 0 Å². The molecule has 0 bridgehead atoms. The first-order valence-electron chi connectivity index (χ1n) is 4.94. The molecule has 17 heavy (non-hydrogen) atoms. The first kappa shape index (κ1) is 11.0. The average molecular weight is 230 g/mol. The molecule has 0 saturated carbocycles. The minimum Gasteiger partial charge on any atom is -0.508 e. The van der Waals surface area contributed by atoms with Gasteiger partial charge in [0.25, 0.3) is 0 Å². The third-order valence-electron chi connectivity index (χ3n) is 2.36. The highest BCUT2D eigenvalue weighted by Gasteiger charge is 2.17. The van der Waals surface area contributed by atoms with Crippen molar-refractivity contribution in [3.8, 4) is 17.2 Å². The smallest absolute Gasteiger partial charge is 0.200 e. The second-order valence-corrected chi connectivity index (χ2v) is 3.55. The Morgan fingerprint density at radius 3 is 2.06 bits per heavy atom. The van der Waals surface area contributed by atoms with Gasteiger partial charge in [-0.25, -0.2) is 0 Å². The van der Waals surface area contributed by atoms with Crippen LogP contribution in [-0.2, 0) is 0 Å². The van der Waals surface area contributed by atoms with Gasteiger partial charge in [-0.2, -0.15) is 0 Å². The van der Waals surface area contributed by atoms with Crippen molar-refractivity contribution in [1.82, 2.24) is 0 Å². The number of phenolic OH excluding ortho intramolecular Hbond substituents is 3. The van der Waals surface area contributed by atoms with E-state index in [9.17, 15) is 20.1 Å². The summed E-state index contributed by atoms with van der Waals surface area (Å²) in [6.45, 7) is 0. The van der Waals surface area contributed by atoms with Crippen LogP contribution in [0.15, 0.2) is 42.5 Å². The summed E-state index contributed by atoms with van der Waals surface area (Å²) in [5, 5.41) is 28.4. The van der Waals surface area contributed by atoms with Gasteiger partial charge in [-0.1, -0.05) is 18.2 Å². The number of ketones is 1. The van der Waals surface area contributed by atoms with Crippen LogP contribution in [0.1, 0.15) is 15.9 Å². The van der Waals surface area contributed by atoms with Crippen LogP contribution in [0.3, 0.4) is 0 Å². The van der Waals surface area contributed by atoms with Crippen LogP contribution in [-0.4, -0.2) is 21.1 Å². The standard InChI is InChI=1S/C13H10O4/c14-9-4-1-3-8(7-9)13(17)12-10(15)5-2-6-11(12)16/h1-7,14-16H. The molecule has 0 heterocycles. The topological polar surface area (TPSA) is 77.8 Å². The van der Waals surface area contributed by atoms with E-state index in [0.717, 1.165) is 0 Å². The first-order chi connectivity index (χ1) is 8.09. The molecule has 0 spiro atoms. The van der Waals surface area contributed by atoms with Gasteiger partial charge < -0.3 is 15.3 Å². The lowest BCUT2D eigenvalue weighted by molar-refractivity contribution is 0.103. The second-order valence-electron chi connectivity index (χ2n) is 3.55. The predicted molar refractivity (Wildman–Crippen MR) is 61.3 cm³/mol. The second kappa shape index (κ2) is 4.17. The molecule has 0 fully saturated rings. The molecule has 0 aliphatic carbocycles. The van der Waals surface area contributed by atoms with Crippen molar-refractivity contribution in [2.45, 2.75) is 0 Å². The van der Waals surface area contributed by atoms with Gasteiger partial charge in [-0.15, -0.1) is 0 Å². The Labute approximate surface area is 97.4 Å². The van der Waals surface area contributed by atoms with Crippen LogP contribution in [0.25, 0.3) is 0 Å². The van der Waals surface area contributed by atoms with E-state index in [-0.39, 0.29) is 28.4 Å². The van der Waals surface area contributed by atoms with Crippen molar-refractivity contribution in [1.29, 1.82) is 0 Å². The highest BCUT2D eigenvalue weighted by atomic mass is 16.3. The number of aromatic hydroxyl groups is 3. The van der Waals surface area contributed by atoms with Crippen molar-refractivity contribution in [3.05, 3.63) is 53.6 Å². The van der Waals surface area contributed by atoms with E-state index < -0.39 is 5.78 Å². The lowest BCUT2D eigenvalue weighted by Crippen LogP contribution is -2.01. The van der Waals surface area contributed by atoms with E-state index in [0.29, 0.717) is 0 Å². The van der Waals surface area contributed by atoms with Gasteiger partial charge in [0, 0.05) is 5.56 Å². The van der Waals surface area contributed by atoms with Crippen molar-refractivity contribution < 1.29 is 20.1 Å². The summed E-state index contributed by atoms with van der Waals surface area (Å²) < 4.78 is 0. The molecular weight excluding hydrogens is 220 g/mol. The molecule has 4 heteroatoms. The van der Waals surface area contributed by atoms with Crippen molar-refractivity contribution in [2.75, 3.05) is 0 Å². The third kappa shape index (κ3) is 2.06. The molecule has 2 aromatic carbocycles. The van der Waals surface area contributed by atoms with Crippen LogP contribution in [0.2, 0.25) is 0 Å². The molecule has 2 aromatic rings. The summed E-state index contributed by atoms with van der Waals surface area (Å²) in [4.78, 5) is 12.0. The molecule has 0 aliphatic rings. The normalized spacial score (nSPS) is 10.1. The van der Waals surface area contributed by atoms with Crippen LogP contribution in [0.5, 0.6) is 17.2 Å². The molecule has 0 aromatic heterocycles. The molecule has 4 nitrogen and oxygen atoms in total. The Hall–Kier alpha value is -2.49. The van der Waals surface area contributed by atoms with E-state index in [1.807, 2.05) is 0 Å². The monoisotopic (exact) mass is 230 g/mol. The van der Waals surface area contributed by atoms with Gasteiger partial charge in [0.2, 0.25) is 5.78 Å². The van der Waals surface area contributed by atoms with Gasteiger partial charge in [0.15, 0.2) is 0 Å². The molecule has 0 radical (unpaired) electrons. The molecule has 0 atom stereocenters. The van der Waals surface area contributed by atoms with Gasteiger partial charge in [0.1, 0.15) is 22.8 Å². The lowest BCUT2D eigenvalue weighted by Gasteiger charge is -2.06. The molecular formula is C13H10O4. The van der Waals surface area contributed by atoms with Crippen molar-refractivity contribution in [3.63, 3.8) is 0 Å². The summed E-state index contributed by atoms with van der Waals surface area (Å²) in [5.41, 5.74) is 0.0277. The summed E-state index contributed by atoms with van der Waals surface area (Å²) >= 11 is 0. The quantitative estimate of drug-likeness (QED) is 0.690. The van der Waals surface area contributed by atoms with Crippen LogP contribution in [0.4, 0.5) is 0 Å². The first-order valence-corrected chi connectivity index (χ1v) is 4.94. The van der Waals surface area contributed by atoms with Gasteiger partial charge in [0.05, 0.1) is 0 Å². The predicted octanol–water partition coefficient (Wildman–Crippen LogP) is 2.03. The Morgan fingerprint density at radius 2 is 1.47 bits per heavy atom. The fourth-order valence-corrected chi connectivity index (χ4v) is 1.55. The SMILES string of the molecule is O=C(c1cccc(O)c1)c1c(O)cccc1O. The minimum absolute atomic E-state index is 0.0502. The zero-order valence-corrected chi connectivity index (χ0v) is 8.79. The Bertz CT molecular complexity index is 555. The molecule has 2 rings (SSSR count). The minimum atomic E-state index is -0.545. The maximum atomic E-state index is 12.0. The Kier molecular flexibility index (Phi) is 2.70. The molecule has 0 saturated heterocycles. The number of hydrogen-bond donors (Lipinski definition) is 3. The number of hydrogen-bond acceptors (Lipinski definition) is 4. The van der Waals surface area contributed by atoms with E-state index in [1.54, 1.807) is 0 Å². The Morgan fingerprint density at radius 1 is 0.882 bits per heavy atom. The number of rotatable bonds is 2. The molecule has 0 amide bonds. The molecule has 0 aliphatic heterocycles. The fourth-order valence-electron chi connectivity index (χ4n) is 1.55. The zero-order valence-electron chi connectivity index (χ0n) is 8.79. The largest absolute Gasteiger partial charge is 0.508 e. The number of carbonyl (C=O) groups excluding carboxylic acids is 1. The third-order valence-corrected chi connectivity index (χ3v) is 2.36. The van der Waals surface area contributed by atoms with Gasteiger partial charge in [-0.05, 0) is 24.3 Å². The highest BCUT2D eigenvalue weighted by molar-refractivity contribution is 6.12. The van der Waals surface area contributed by atoms with Crippen molar-refractivity contribution in [2.24, 2.45) is 0 Å². The van der Waals surface area contributed by atoms with Gasteiger partial charge >= 0.3 is 0 Å². The van der Waals surface area contributed by atoms with E-state index in [4.69, 9.17) is 0 Å². The number of phenols is 3. The van der Waals surface area contributed by atoms with E-state index in [1.165, 1.54) is 42.5 Å². The van der Waals surface area contributed by atoms with Crippen LogP contribution in [0, 0.1) is 0 Å². The van der Waals surface area contributed by atoms with Crippen molar-refractivity contribution >= 4 is 5.78 Å². The summed E-state index contributed by atoms with van der Waals surface area (Å²) in [6, 6.07) is 9.78. The molecule has 86 valence electrons. The summed E-state index contributed by atoms with van der Waals surface area (Å²) in [6.07, 6.45) is 0. The summed E-state index contributed by atoms with van der Waals surface area (Å²) in [5.74, 6) is -1.18. The van der Waals surface area contributed by atoms with E-state index >= 15 is 0 Å². The molecule has 3 N–H and O–H groups in total. The summed E-state index contributed by atoms with van der Waals surface area (Å²) in [7, 11) is 0. The molecule has 0 unspecified atom stereocenters. The van der Waals surface area contributed by atoms with Crippen LogP contribution >= 0.6 is 0 Å². The van der Waals surface area contributed by atoms with Crippen LogP contribution < -0.4 is 0 Å². The average Bonchev–Trinajstić information content (AvgIpc) is 2.28. The maximum Gasteiger partial charge on any atom is 0.200 e. The maximum absolute atomic E-state index is 12.0. The number of carbonyl (C=O) groups is 1.